The second-order valence-electron chi connectivity index (χ2n) is 10.6. The van der Waals surface area contributed by atoms with Gasteiger partial charge in [-0.05, 0) is 60.7 Å². The zero-order valence-corrected chi connectivity index (χ0v) is 24.4. The molecule has 4 rings (SSSR count). The van der Waals surface area contributed by atoms with Crippen LogP contribution in [0.3, 0.4) is 0 Å². The van der Waals surface area contributed by atoms with Crippen LogP contribution in [0.5, 0.6) is 0 Å². The first-order valence-electron chi connectivity index (χ1n) is 13.9. The number of rotatable bonds is 13. The number of oxime groups is 1. The van der Waals surface area contributed by atoms with Crippen molar-refractivity contribution in [3.05, 3.63) is 73.3 Å². The lowest BCUT2D eigenvalue weighted by Gasteiger charge is -2.27. The van der Waals surface area contributed by atoms with E-state index < -0.39 is 42.0 Å². The average molecular weight is 578 g/mol. The second kappa shape index (κ2) is 15.2. The summed E-state index contributed by atoms with van der Waals surface area (Å²) in [5, 5.41) is 17.2. The molecular formula is C33H39NO8. The zero-order chi connectivity index (χ0) is 30.7. The van der Waals surface area contributed by atoms with Crippen LogP contribution in [0.15, 0.2) is 72.9 Å². The molecule has 0 amide bonds. The molecule has 9 nitrogen and oxygen atoms in total. The highest BCUT2D eigenvalue weighted by Gasteiger charge is 2.38. The minimum atomic E-state index is -1.15. The molecule has 3 atom stereocenters. The number of epoxide rings is 1. The highest BCUT2D eigenvalue weighted by atomic mass is 16.7. The maximum Gasteiger partial charge on any atom is 0.340 e. The Morgan fingerprint density at radius 3 is 2.14 bits per heavy atom. The highest BCUT2D eigenvalue weighted by Crippen LogP contribution is 2.33. The first-order valence-corrected chi connectivity index (χ1v) is 13.9. The maximum atomic E-state index is 13.1. The minimum absolute atomic E-state index is 0.0207. The number of fused-ring (bicyclic) bond motifs is 2. The van der Waals surface area contributed by atoms with E-state index in [4.69, 9.17) is 24.2 Å². The van der Waals surface area contributed by atoms with Crippen molar-refractivity contribution >= 4 is 45.7 Å². The number of aliphatic hydroxyl groups excluding tert-OH is 1. The molecule has 1 aliphatic rings. The van der Waals surface area contributed by atoms with Gasteiger partial charge < -0.3 is 24.2 Å². The molecule has 1 saturated heterocycles. The lowest BCUT2D eigenvalue weighted by molar-refractivity contribution is -0.163. The molecule has 224 valence electrons. The first kappa shape index (κ1) is 32.4. The molecule has 3 aromatic carbocycles. The average Bonchev–Trinajstić information content (AvgIpc) is 3.83. The van der Waals surface area contributed by atoms with Crippen molar-refractivity contribution in [3.8, 4) is 0 Å². The van der Waals surface area contributed by atoms with Crippen LogP contribution < -0.4 is 0 Å². The third-order valence-electron chi connectivity index (χ3n) is 7.19. The molecule has 42 heavy (non-hydrogen) atoms. The van der Waals surface area contributed by atoms with Crippen molar-refractivity contribution in [1.82, 2.24) is 0 Å². The van der Waals surface area contributed by atoms with E-state index in [9.17, 15) is 14.4 Å². The van der Waals surface area contributed by atoms with Crippen LogP contribution >= 0.6 is 0 Å². The van der Waals surface area contributed by atoms with Crippen molar-refractivity contribution in [1.29, 1.82) is 0 Å². The van der Waals surface area contributed by atoms with E-state index in [2.05, 4.69) is 24.4 Å². The quantitative estimate of drug-likeness (QED) is 0.0410. The molecule has 1 fully saturated rings. The molecule has 0 saturated carbocycles. The number of carbonyl (C=O) groups is 3. The van der Waals surface area contributed by atoms with Gasteiger partial charge in [-0.25, -0.2) is 4.79 Å². The Labute approximate surface area is 246 Å². The van der Waals surface area contributed by atoms with Gasteiger partial charge in [-0.2, -0.15) is 0 Å². The topological polar surface area (TPSA) is 124 Å². The number of ether oxygens (including phenoxy) is 3. The fourth-order valence-corrected chi connectivity index (χ4v) is 4.81. The van der Waals surface area contributed by atoms with Gasteiger partial charge in [-0.3, -0.25) is 9.59 Å². The molecule has 3 aromatic rings. The van der Waals surface area contributed by atoms with Gasteiger partial charge in [0.05, 0.1) is 30.1 Å². The summed E-state index contributed by atoms with van der Waals surface area (Å²) in [4.78, 5) is 43.8. The van der Waals surface area contributed by atoms with Crippen LogP contribution in [-0.2, 0) is 33.4 Å². The smallest absolute Gasteiger partial charge is 0.340 e. The van der Waals surface area contributed by atoms with E-state index in [1.54, 1.807) is 13.8 Å². The summed E-state index contributed by atoms with van der Waals surface area (Å²) in [5.41, 5.74) is -0.328. The van der Waals surface area contributed by atoms with Gasteiger partial charge in [0.1, 0.15) is 12.7 Å². The van der Waals surface area contributed by atoms with Crippen molar-refractivity contribution in [2.75, 3.05) is 20.0 Å². The Bertz CT molecular complexity index is 1360. The third kappa shape index (κ3) is 8.47. The summed E-state index contributed by atoms with van der Waals surface area (Å²) in [6, 6.07) is 17.9. The minimum Gasteiger partial charge on any atom is -0.463 e. The summed E-state index contributed by atoms with van der Waals surface area (Å²) in [6.07, 6.45) is 2.01. The van der Waals surface area contributed by atoms with Gasteiger partial charge in [-0.15, -0.1) is 13.2 Å². The molecule has 0 radical (unpaired) electrons. The number of hydrogen-bond acceptors (Lipinski definition) is 9. The third-order valence-corrected chi connectivity index (χ3v) is 7.19. The highest BCUT2D eigenvalue weighted by molar-refractivity contribution is 6.13. The molecule has 3 unspecified atom stereocenters. The number of carbonyl (C=O) groups excluding carboxylic acids is 3. The number of esters is 2. The van der Waals surface area contributed by atoms with Crippen molar-refractivity contribution < 1.29 is 38.5 Å². The molecule has 1 heterocycles. The van der Waals surface area contributed by atoms with Crippen LogP contribution in [0.1, 0.15) is 45.6 Å². The molecule has 9 heteroatoms. The molecule has 0 aliphatic carbocycles. The summed E-state index contributed by atoms with van der Waals surface area (Å²) >= 11 is 0. The molecule has 1 aliphatic heterocycles. The van der Waals surface area contributed by atoms with Gasteiger partial charge in [0.15, 0.2) is 6.79 Å². The Hall–Kier alpha value is -4.08. The molecule has 0 spiro atoms. The summed E-state index contributed by atoms with van der Waals surface area (Å²) < 4.78 is 15.2. The van der Waals surface area contributed by atoms with Crippen LogP contribution in [0.2, 0.25) is 0 Å². The normalized spacial score (nSPS) is 15.9. The van der Waals surface area contributed by atoms with Crippen LogP contribution in [0.25, 0.3) is 21.5 Å². The second-order valence-corrected chi connectivity index (χ2v) is 10.6. The van der Waals surface area contributed by atoms with Crippen molar-refractivity contribution in [3.63, 3.8) is 0 Å². The van der Waals surface area contributed by atoms with Gasteiger partial charge in [0, 0.05) is 5.56 Å². The van der Waals surface area contributed by atoms with Crippen LogP contribution in [-0.4, -0.2) is 55.3 Å². The Morgan fingerprint density at radius 1 is 1.02 bits per heavy atom. The first-order chi connectivity index (χ1) is 20.2. The number of nitrogens with zero attached hydrogens (tertiary/aromatic N) is 1. The Kier molecular flexibility index (Phi) is 11.8. The van der Waals surface area contributed by atoms with Gasteiger partial charge in [-0.1, -0.05) is 60.6 Å². The summed E-state index contributed by atoms with van der Waals surface area (Å²) in [7, 11) is 0. The van der Waals surface area contributed by atoms with E-state index in [0.717, 1.165) is 27.1 Å². The summed E-state index contributed by atoms with van der Waals surface area (Å²) in [5.74, 6) is -3.22. The number of hydrogen-bond donors (Lipinski definition) is 1. The molecule has 1 N–H and O–H groups in total. The Morgan fingerprint density at radius 2 is 1.60 bits per heavy atom. The van der Waals surface area contributed by atoms with Gasteiger partial charge in [0.25, 0.3) is 0 Å². The number of aliphatic hydroxyl groups is 1. The number of benzene rings is 3. The summed E-state index contributed by atoms with van der Waals surface area (Å²) in [6.45, 7) is 11.0. The van der Waals surface area contributed by atoms with Crippen molar-refractivity contribution in [2.45, 2.75) is 46.1 Å². The zero-order valence-electron chi connectivity index (χ0n) is 24.4. The molecule has 0 aromatic heterocycles. The van der Waals surface area contributed by atoms with E-state index in [-0.39, 0.29) is 25.6 Å². The predicted octanol–water partition coefficient (Wildman–Crippen LogP) is 5.56. The van der Waals surface area contributed by atoms with Crippen LogP contribution in [0, 0.1) is 17.3 Å². The standard InChI is InChI=1S/C31H35NO8.C2H4/c1-4-20(28(34)38-18-24-17-37-24)13-23(29(35)39-19-33)15-31(2,3)30(36)40-32-16-27-25-11-7-5-9-21(25)14-22-10-6-8-12-26(22)27;1-2/h5-12,14,16,20,23-24,33H,4,13,15,17-19H2,1-3H3;1-2H2/b32-16+;. The van der Waals surface area contributed by atoms with Crippen LogP contribution in [0.4, 0.5) is 0 Å². The predicted molar refractivity (Wildman–Crippen MR) is 161 cm³/mol. The van der Waals surface area contributed by atoms with E-state index in [1.165, 1.54) is 6.21 Å². The van der Waals surface area contributed by atoms with Crippen molar-refractivity contribution in [2.24, 2.45) is 22.4 Å². The fraction of sp³-hybridized carbons (Fsp3) is 0.394. The van der Waals surface area contributed by atoms with E-state index in [1.807, 2.05) is 55.5 Å². The van der Waals surface area contributed by atoms with Gasteiger partial charge in [0.2, 0.25) is 0 Å². The Balaban J connectivity index is 0.00000237. The fourth-order valence-electron chi connectivity index (χ4n) is 4.81. The lowest BCUT2D eigenvalue weighted by atomic mass is 9.79. The lowest BCUT2D eigenvalue weighted by Crippen LogP contribution is -2.34. The van der Waals surface area contributed by atoms with E-state index in [0.29, 0.717) is 13.0 Å². The largest absolute Gasteiger partial charge is 0.463 e. The van der Waals surface area contributed by atoms with E-state index >= 15 is 0 Å². The molecule has 0 bridgehead atoms. The SMILES string of the molecule is C=C.CCC(CC(CC(C)(C)C(=O)O/N=C/c1c2ccccc2cc2ccccc12)C(=O)OCO)C(=O)OCC1CO1. The monoisotopic (exact) mass is 577 g/mol. The van der Waals surface area contributed by atoms with Gasteiger partial charge >= 0.3 is 17.9 Å². The maximum absolute atomic E-state index is 13.1. The molecular weight excluding hydrogens is 538 g/mol.